The predicted molar refractivity (Wildman–Crippen MR) is 40.6 cm³/mol. The molecule has 0 bridgehead atoms. The van der Waals surface area contributed by atoms with E-state index >= 15 is 0 Å². The van der Waals surface area contributed by atoms with Crippen molar-refractivity contribution in [2.75, 3.05) is 5.73 Å². The van der Waals surface area contributed by atoms with E-state index in [1.165, 1.54) is 10.4 Å². The molecule has 0 saturated heterocycles. The van der Waals surface area contributed by atoms with Crippen LogP contribution < -0.4 is 5.73 Å². The summed E-state index contributed by atoms with van der Waals surface area (Å²) in [5, 5.41) is 2.57. The van der Waals surface area contributed by atoms with E-state index < -0.39 is 8.25 Å². The highest BCUT2D eigenvalue weighted by molar-refractivity contribution is 7.30. The average molecular weight is 172 g/mol. The maximum Gasteiger partial charge on any atom is 0.692 e. The van der Waals surface area contributed by atoms with Crippen LogP contribution in [0.3, 0.4) is 0 Å². The highest BCUT2D eigenvalue weighted by atomic mass is 31.1. The number of hydrogen-bond donors (Lipinski definition) is 3. The summed E-state index contributed by atoms with van der Waals surface area (Å²) in [6.45, 7) is 0. The number of nitrogens with two attached hydrogens (primary N) is 1. The Morgan fingerprint density at radius 2 is 1.91 bits per heavy atom. The standard InChI is InChI=1S/C6H5N.HO3P/c7-6-3-4-1-2-5(4)6;1-4(2)3/h1-3H,7H2;(H-,1,2,3)/p+1. The molecule has 0 aromatic rings. The monoisotopic (exact) mass is 172 g/mol. The third kappa shape index (κ3) is 1.74. The zero-order chi connectivity index (χ0) is 8.43. The van der Waals surface area contributed by atoms with Crippen LogP contribution in [0.4, 0.5) is 5.69 Å². The molecule has 2 aliphatic carbocycles. The summed E-state index contributed by atoms with van der Waals surface area (Å²) in [6.07, 6.45) is 0. The van der Waals surface area contributed by atoms with Crippen LogP contribution in [-0.4, -0.2) is 9.79 Å². The lowest BCUT2D eigenvalue weighted by Gasteiger charge is -2.03. The highest BCUT2D eigenvalue weighted by Crippen LogP contribution is 2.16. The van der Waals surface area contributed by atoms with E-state index in [1.54, 1.807) is 0 Å². The van der Waals surface area contributed by atoms with Gasteiger partial charge in [-0.2, -0.15) is 0 Å². The summed E-state index contributed by atoms with van der Waals surface area (Å²) in [4.78, 5) is 14.2. The molecule has 0 saturated carbocycles. The van der Waals surface area contributed by atoms with Crippen LogP contribution >= 0.6 is 8.25 Å². The minimum Gasteiger partial charge on any atom is -0.398 e. The molecule has 0 aliphatic heterocycles. The topological polar surface area (TPSA) is 83.6 Å². The first-order chi connectivity index (χ1) is 5.11. The first kappa shape index (κ1) is 8.14. The first-order valence-corrected chi connectivity index (χ1v) is 4.02. The Bertz CT molecular complexity index is 372. The SMILES string of the molecule is Nc1cc2ccc1=2.O=[P+](O)O. The van der Waals surface area contributed by atoms with Gasteiger partial charge in [-0.05, 0) is 11.3 Å². The fourth-order valence-electron chi connectivity index (χ4n) is 0.819. The van der Waals surface area contributed by atoms with Gasteiger partial charge >= 0.3 is 8.25 Å². The van der Waals surface area contributed by atoms with Crippen LogP contribution in [0, 0.1) is 10.4 Å². The van der Waals surface area contributed by atoms with Crippen LogP contribution in [0.2, 0.25) is 0 Å². The minimum atomic E-state index is -2.87. The molecule has 0 atom stereocenters. The highest BCUT2D eigenvalue weighted by Gasteiger charge is 1.98. The number of anilines is 1. The Kier molecular flexibility index (Phi) is 2.19. The van der Waals surface area contributed by atoms with Crippen molar-refractivity contribution in [1.29, 1.82) is 0 Å². The first-order valence-electron chi connectivity index (χ1n) is 2.86. The Morgan fingerprint density at radius 1 is 1.36 bits per heavy atom. The molecule has 58 valence electrons. The molecule has 4 nitrogen and oxygen atoms in total. The lowest BCUT2D eigenvalue weighted by Crippen LogP contribution is -1.95. The minimum absolute atomic E-state index is 0.942. The van der Waals surface area contributed by atoms with E-state index in [2.05, 4.69) is 6.07 Å². The van der Waals surface area contributed by atoms with Gasteiger partial charge in [-0.25, -0.2) is 0 Å². The van der Waals surface area contributed by atoms with Crippen molar-refractivity contribution in [3.8, 4) is 0 Å². The van der Waals surface area contributed by atoms with E-state index in [4.69, 9.17) is 20.1 Å². The lowest BCUT2D eigenvalue weighted by molar-refractivity contribution is 0.405. The average Bonchev–Trinajstić information content (AvgIpc) is 1.81. The van der Waals surface area contributed by atoms with Gasteiger partial charge in [0.1, 0.15) is 0 Å². The third-order valence-corrected chi connectivity index (χ3v) is 1.36. The maximum absolute atomic E-state index is 8.70. The quantitative estimate of drug-likeness (QED) is 0.399. The Balaban J connectivity index is 0.000000134. The second kappa shape index (κ2) is 2.96. The third-order valence-electron chi connectivity index (χ3n) is 1.36. The van der Waals surface area contributed by atoms with Crippen LogP contribution in [0.5, 0.6) is 0 Å². The van der Waals surface area contributed by atoms with E-state index in [-0.39, 0.29) is 0 Å². The van der Waals surface area contributed by atoms with E-state index in [9.17, 15) is 0 Å². The Labute approximate surface area is 63.5 Å². The van der Waals surface area contributed by atoms with Crippen LogP contribution in [0.15, 0.2) is 18.2 Å². The Morgan fingerprint density at radius 3 is 1.91 bits per heavy atom. The molecule has 11 heavy (non-hydrogen) atoms. The second-order valence-corrected chi connectivity index (χ2v) is 2.56. The van der Waals surface area contributed by atoms with Crippen LogP contribution in [-0.2, 0) is 4.57 Å². The number of hydrogen-bond acceptors (Lipinski definition) is 2. The molecule has 0 spiro atoms. The zero-order valence-electron chi connectivity index (χ0n) is 5.56. The van der Waals surface area contributed by atoms with E-state index in [0.29, 0.717) is 0 Å². The lowest BCUT2D eigenvalue weighted by atomic mass is 10.1. The van der Waals surface area contributed by atoms with Gasteiger partial charge in [0, 0.05) is 15.5 Å². The fraction of sp³-hybridized carbons (Fsp3) is 0. The van der Waals surface area contributed by atoms with Crippen LogP contribution in [0.25, 0.3) is 0 Å². The van der Waals surface area contributed by atoms with Gasteiger partial charge in [-0.1, -0.05) is 12.1 Å². The molecule has 0 radical (unpaired) electrons. The molecular formula is C6H7NO3P+. The maximum atomic E-state index is 8.70. The molecule has 5 heteroatoms. The molecule has 0 unspecified atom stereocenters. The van der Waals surface area contributed by atoms with Crippen molar-refractivity contribution < 1.29 is 14.4 Å². The molecule has 0 fully saturated rings. The molecule has 0 aromatic carbocycles. The van der Waals surface area contributed by atoms with Gasteiger partial charge < -0.3 is 5.73 Å². The van der Waals surface area contributed by atoms with Crippen molar-refractivity contribution in [2.24, 2.45) is 0 Å². The van der Waals surface area contributed by atoms with Gasteiger partial charge in [-0.3, -0.25) is 0 Å². The summed E-state index contributed by atoms with van der Waals surface area (Å²) >= 11 is 0. The van der Waals surface area contributed by atoms with Gasteiger partial charge in [0.25, 0.3) is 0 Å². The molecule has 0 amide bonds. The summed E-state index contributed by atoms with van der Waals surface area (Å²) in [6, 6.07) is 6.08. The molecule has 0 aromatic heterocycles. The largest absolute Gasteiger partial charge is 0.692 e. The van der Waals surface area contributed by atoms with Crippen LogP contribution in [0.1, 0.15) is 0 Å². The zero-order valence-corrected chi connectivity index (χ0v) is 6.45. The summed E-state index contributed by atoms with van der Waals surface area (Å²) in [5.41, 5.74) is 6.36. The second-order valence-electron chi connectivity index (χ2n) is 2.05. The summed E-state index contributed by atoms with van der Waals surface area (Å²) in [5.74, 6) is 0. The van der Waals surface area contributed by atoms with Gasteiger partial charge in [-0.15, -0.1) is 9.79 Å². The smallest absolute Gasteiger partial charge is 0.398 e. The number of benzene rings is 1. The Hall–Kier alpha value is -0.960. The van der Waals surface area contributed by atoms with Crippen molar-refractivity contribution in [2.45, 2.75) is 0 Å². The molecule has 0 heterocycles. The molecule has 2 rings (SSSR count). The van der Waals surface area contributed by atoms with Crippen molar-refractivity contribution in [1.82, 2.24) is 0 Å². The summed E-state index contributed by atoms with van der Waals surface area (Å²) < 4.78 is 8.70. The number of nitrogen functional groups attached to an aromatic ring is 1. The van der Waals surface area contributed by atoms with Crippen molar-refractivity contribution in [3.63, 3.8) is 0 Å². The van der Waals surface area contributed by atoms with E-state index in [0.717, 1.165) is 5.69 Å². The molecule has 4 N–H and O–H groups in total. The number of rotatable bonds is 0. The van der Waals surface area contributed by atoms with Gasteiger partial charge in [0.2, 0.25) is 0 Å². The molecule has 2 aliphatic rings. The van der Waals surface area contributed by atoms with Gasteiger partial charge in [0.15, 0.2) is 0 Å². The van der Waals surface area contributed by atoms with Crippen molar-refractivity contribution in [3.05, 3.63) is 28.6 Å². The van der Waals surface area contributed by atoms with E-state index in [1.807, 2.05) is 12.1 Å². The normalized spacial score (nSPS) is 9.64. The van der Waals surface area contributed by atoms with Crippen molar-refractivity contribution >= 4 is 13.9 Å². The predicted octanol–water partition coefficient (Wildman–Crippen LogP) is 0.498. The molecular weight excluding hydrogens is 165 g/mol. The summed E-state index contributed by atoms with van der Waals surface area (Å²) in [7, 11) is -2.87. The van der Waals surface area contributed by atoms with Gasteiger partial charge in [0.05, 0.1) is 0 Å². The fourth-order valence-corrected chi connectivity index (χ4v) is 0.819.